The molecule has 0 unspecified atom stereocenters. The van der Waals surface area contributed by atoms with Crippen LogP contribution in [0.1, 0.15) is 49.8 Å². The third kappa shape index (κ3) is 3.83. The highest BCUT2D eigenvalue weighted by Gasteiger charge is 2.17. The molecule has 1 aromatic carbocycles. The minimum absolute atomic E-state index is 0.127. The quantitative estimate of drug-likeness (QED) is 0.676. The van der Waals surface area contributed by atoms with Gasteiger partial charge in [-0.3, -0.25) is 9.20 Å². The maximum absolute atomic E-state index is 12.5. The average molecular weight is 368 g/mol. The minimum Gasteiger partial charge on any atom is -0.353 e. The summed E-state index contributed by atoms with van der Waals surface area (Å²) in [6.07, 6.45) is 9.76. The van der Waals surface area contributed by atoms with Gasteiger partial charge in [-0.05, 0) is 19.8 Å². The number of hydrogen-bond acceptors (Lipinski definition) is 3. The summed E-state index contributed by atoms with van der Waals surface area (Å²) in [5.74, 6) is 0.127. The highest BCUT2D eigenvalue weighted by Crippen LogP contribution is 2.24. The number of nitrogens with one attached hydrogen (secondary N) is 1. The van der Waals surface area contributed by atoms with Crippen LogP contribution in [0.4, 0.5) is 0 Å². The molecule has 3 aromatic rings. The van der Waals surface area contributed by atoms with Crippen LogP contribution in [-0.4, -0.2) is 21.3 Å². The Labute approximate surface area is 158 Å². The van der Waals surface area contributed by atoms with Gasteiger partial charge in [0.1, 0.15) is 0 Å². The first kappa shape index (κ1) is 17.3. The van der Waals surface area contributed by atoms with Crippen molar-refractivity contribution >= 4 is 22.2 Å². The predicted octanol–water partition coefficient (Wildman–Crippen LogP) is 4.75. The van der Waals surface area contributed by atoms with Crippen molar-refractivity contribution in [2.45, 2.75) is 57.9 Å². The topological polar surface area (TPSA) is 46.4 Å². The second-order valence-electron chi connectivity index (χ2n) is 7.30. The Morgan fingerprint density at radius 3 is 2.65 bits per heavy atom. The summed E-state index contributed by atoms with van der Waals surface area (Å²) >= 11 is 1.60. The third-order valence-electron chi connectivity index (χ3n) is 5.19. The molecule has 0 radical (unpaired) electrons. The molecule has 1 fully saturated rings. The van der Waals surface area contributed by atoms with Crippen LogP contribution in [0.25, 0.3) is 16.2 Å². The third-order valence-corrected chi connectivity index (χ3v) is 6.08. The van der Waals surface area contributed by atoms with Crippen LogP contribution in [0.2, 0.25) is 0 Å². The number of aryl methyl sites for hydroxylation is 1. The summed E-state index contributed by atoms with van der Waals surface area (Å²) in [4.78, 5) is 18.2. The molecule has 4 nitrogen and oxygen atoms in total. The van der Waals surface area contributed by atoms with E-state index in [-0.39, 0.29) is 5.91 Å². The second kappa shape index (κ2) is 7.62. The van der Waals surface area contributed by atoms with Gasteiger partial charge < -0.3 is 5.32 Å². The Balaban J connectivity index is 1.48. The SMILES string of the molecule is Cc1ccc(-c2cn3c(CC(=O)NC4CCCCCC4)csc3n2)cc1. The number of hydrogen-bond donors (Lipinski definition) is 1. The standard InChI is InChI=1S/C21H25N3OS/c1-15-8-10-16(11-9-15)19-13-24-18(14-26-21(24)23-19)12-20(25)22-17-6-4-2-3-5-7-17/h8-11,13-14,17H,2-7,12H2,1H3,(H,22,25). The zero-order valence-corrected chi connectivity index (χ0v) is 16.0. The summed E-state index contributed by atoms with van der Waals surface area (Å²) in [6, 6.07) is 8.75. The van der Waals surface area contributed by atoms with Crippen LogP contribution in [-0.2, 0) is 11.2 Å². The Morgan fingerprint density at radius 2 is 1.92 bits per heavy atom. The van der Waals surface area contributed by atoms with Crippen molar-refractivity contribution in [2.24, 2.45) is 0 Å². The molecule has 1 aliphatic rings. The van der Waals surface area contributed by atoms with Crippen molar-refractivity contribution in [3.05, 3.63) is 47.1 Å². The first-order valence-corrected chi connectivity index (χ1v) is 10.4. The summed E-state index contributed by atoms with van der Waals surface area (Å²) in [6.45, 7) is 2.08. The molecule has 0 bridgehead atoms. The molecule has 2 aromatic heterocycles. The predicted molar refractivity (Wildman–Crippen MR) is 107 cm³/mol. The fourth-order valence-electron chi connectivity index (χ4n) is 3.69. The lowest BCUT2D eigenvalue weighted by Gasteiger charge is -2.15. The summed E-state index contributed by atoms with van der Waals surface area (Å²) in [5.41, 5.74) is 4.33. The fraction of sp³-hybridized carbons (Fsp3) is 0.429. The lowest BCUT2D eigenvalue weighted by molar-refractivity contribution is -0.121. The Bertz CT molecular complexity index is 886. The summed E-state index contributed by atoms with van der Waals surface area (Å²) < 4.78 is 2.06. The van der Waals surface area contributed by atoms with E-state index in [1.807, 2.05) is 11.6 Å². The molecular formula is C21H25N3OS. The van der Waals surface area contributed by atoms with E-state index in [4.69, 9.17) is 4.98 Å². The van der Waals surface area contributed by atoms with Crippen molar-refractivity contribution in [2.75, 3.05) is 0 Å². The van der Waals surface area contributed by atoms with Gasteiger partial charge in [-0.1, -0.05) is 55.5 Å². The minimum atomic E-state index is 0.127. The highest BCUT2D eigenvalue weighted by atomic mass is 32.1. The normalized spacial score (nSPS) is 15.9. The number of fused-ring (bicyclic) bond motifs is 1. The van der Waals surface area contributed by atoms with Crippen molar-refractivity contribution in [3.63, 3.8) is 0 Å². The molecule has 26 heavy (non-hydrogen) atoms. The summed E-state index contributed by atoms with van der Waals surface area (Å²) in [7, 11) is 0. The van der Waals surface area contributed by atoms with E-state index in [1.54, 1.807) is 11.3 Å². The van der Waals surface area contributed by atoms with Crippen LogP contribution in [0, 0.1) is 6.92 Å². The van der Waals surface area contributed by atoms with Crippen LogP contribution >= 0.6 is 11.3 Å². The zero-order valence-electron chi connectivity index (χ0n) is 15.2. The lowest BCUT2D eigenvalue weighted by Crippen LogP contribution is -2.35. The second-order valence-corrected chi connectivity index (χ2v) is 8.14. The number of carbonyl (C=O) groups is 1. The maximum atomic E-state index is 12.5. The van der Waals surface area contributed by atoms with E-state index < -0.39 is 0 Å². The molecule has 0 spiro atoms. The monoisotopic (exact) mass is 367 g/mol. The van der Waals surface area contributed by atoms with E-state index in [1.165, 1.54) is 31.2 Å². The molecule has 2 heterocycles. The van der Waals surface area contributed by atoms with Crippen LogP contribution in [0.5, 0.6) is 0 Å². The first-order chi connectivity index (χ1) is 12.7. The number of rotatable bonds is 4. The molecule has 1 aliphatic carbocycles. The van der Waals surface area contributed by atoms with E-state index in [0.29, 0.717) is 12.5 Å². The largest absolute Gasteiger partial charge is 0.353 e. The van der Waals surface area contributed by atoms with Gasteiger partial charge in [-0.15, -0.1) is 11.3 Å². The molecule has 1 N–H and O–H groups in total. The first-order valence-electron chi connectivity index (χ1n) is 9.51. The number of aromatic nitrogens is 2. The van der Waals surface area contributed by atoms with Crippen molar-refractivity contribution in [1.29, 1.82) is 0 Å². The molecule has 4 rings (SSSR count). The Hall–Kier alpha value is -2.14. The van der Waals surface area contributed by atoms with Gasteiger partial charge in [0, 0.05) is 28.9 Å². The maximum Gasteiger partial charge on any atom is 0.226 e. The molecule has 1 amide bonds. The van der Waals surface area contributed by atoms with Crippen molar-refractivity contribution in [3.8, 4) is 11.3 Å². The number of thiazole rings is 1. The fourth-order valence-corrected chi connectivity index (χ4v) is 4.56. The van der Waals surface area contributed by atoms with Gasteiger partial charge in [-0.2, -0.15) is 0 Å². The molecule has 136 valence electrons. The van der Waals surface area contributed by atoms with Crippen LogP contribution in [0.15, 0.2) is 35.8 Å². The number of nitrogens with zero attached hydrogens (tertiary/aromatic N) is 2. The van der Waals surface area contributed by atoms with Crippen molar-refractivity contribution < 1.29 is 4.79 Å². The number of imidazole rings is 1. The Morgan fingerprint density at radius 1 is 1.19 bits per heavy atom. The highest BCUT2D eigenvalue weighted by molar-refractivity contribution is 7.15. The van der Waals surface area contributed by atoms with E-state index >= 15 is 0 Å². The van der Waals surface area contributed by atoms with Crippen molar-refractivity contribution in [1.82, 2.24) is 14.7 Å². The van der Waals surface area contributed by atoms with Gasteiger partial charge in [0.2, 0.25) is 5.91 Å². The van der Waals surface area contributed by atoms with E-state index in [2.05, 4.69) is 40.9 Å². The summed E-state index contributed by atoms with van der Waals surface area (Å²) in [5, 5.41) is 5.29. The molecule has 1 saturated carbocycles. The van der Waals surface area contributed by atoms with Crippen LogP contribution < -0.4 is 5.32 Å². The smallest absolute Gasteiger partial charge is 0.226 e. The van der Waals surface area contributed by atoms with Gasteiger partial charge in [0.15, 0.2) is 4.96 Å². The van der Waals surface area contributed by atoms with Crippen LogP contribution in [0.3, 0.4) is 0 Å². The van der Waals surface area contributed by atoms with Gasteiger partial charge >= 0.3 is 0 Å². The number of benzene rings is 1. The zero-order chi connectivity index (χ0) is 17.9. The molecule has 0 saturated heterocycles. The Kier molecular flexibility index (Phi) is 5.07. The molecule has 0 aliphatic heterocycles. The number of carbonyl (C=O) groups excluding carboxylic acids is 1. The van der Waals surface area contributed by atoms with Gasteiger partial charge in [0.05, 0.1) is 12.1 Å². The average Bonchev–Trinajstić information content (AvgIpc) is 3.10. The molecule has 5 heteroatoms. The molecular weight excluding hydrogens is 342 g/mol. The van der Waals surface area contributed by atoms with Gasteiger partial charge in [-0.25, -0.2) is 4.98 Å². The van der Waals surface area contributed by atoms with Gasteiger partial charge in [0.25, 0.3) is 0 Å². The lowest BCUT2D eigenvalue weighted by atomic mass is 10.1. The van der Waals surface area contributed by atoms with E-state index in [0.717, 1.165) is 34.8 Å². The number of amides is 1. The van der Waals surface area contributed by atoms with E-state index in [9.17, 15) is 4.79 Å². The molecule has 0 atom stereocenters.